The number of fused-ring (bicyclic) bond motifs is 7. The Morgan fingerprint density at radius 2 is 1.17 bits per heavy atom. The molecule has 5 heterocycles. The van der Waals surface area contributed by atoms with E-state index in [-0.39, 0.29) is 47.2 Å². The van der Waals surface area contributed by atoms with Gasteiger partial charge in [-0.05, 0) is 117 Å². The Bertz CT molecular complexity index is 2490. The van der Waals surface area contributed by atoms with Crippen LogP contribution in [0.2, 0.25) is 0 Å². The monoisotopic (exact) mass is 1260 g/mol. The predicted octanol–water partition coefficient (Wildman–Crippen LogP) is -1.97. The quantitative estimate of drug-likeness (QED) is 0.0509. The Kier molecular flexibility index (Phi) is 19.9. The number of allylic oxidation sites excluding steroid dienone is 2. The van der Waals surface area contributed by atoms with Gasteiger partial charge in [-0.1, -0.05) is 53.2 Å². The molecule has 0 aromatic heterocycles. The fourth-order valence-electron chi connectivity index (χ4n) is 17.8. The minimum atomic E-state index is -1.92. The van der Waals surface area contributed by atoms with Crippen molar-refractivity contribution >= 4 is 11.9 Å². The zero-order chi connectivity index (χ0) is 64.3. The Morgan fingerprint density at radius 1 is 0.568 bits per heavy atom. The van der Waals surface area contributed by atoms with Gasteiger partial charge in [-0.15, -0.1) is 0 Å². The van der Waals surface area contributed by atoms with E-state index in [1.54, 1.807) is 0 Å². The second-order valence-electron chi connectivity index (χ2n) is 29.1. The van der Waals surface area contributed by atoms with Crippen LogP contribution in [0.5, 0.6) is 0 Å². The summed E-state index contributed by atoms with van der Waals surface area (Å²) in [5.74, 6) is -1.74. The fraction of sp³-hybridized carbons (Fsp3) is 0.934. The van der Waals surface area contributed by atoms with Gasteiger partial charge < -0.3 is 124 Å². The first-order valence-electron chi connectivity index (χ1n) is 31.5. The minimum absolute atomic E-state index is 0.0730. The SMILES string of the molecule is CC(=O)OC1C(OC2C(CO)OC(OCC3OC(OC(=O)C45CCC(C)(C)CC4C4=CCC6C7(C)CCC(OC8OCC(O)C(O)C8OC8OC(C)C(O)C(O)C8O)C(C)(CO)C7CCC6(C)C4(C)CC5)C(O)C(O)C3O)C(O)C2O)OC(C)C(O)C1O. The lowest BCUT2D eigenvalue weighted by Gasteiger charge is -2.71. The van der Waals surface area contributed by atoms with E-state index in [1.165, 1.54) is 19.4 Å². The third kappa shape index (κ3) is 11.7. The van der Waals surface area contributed by atoms with Crippen LogP contribution in [0.15, 0.2) is 11.6 Å². The van der Waals surface area contributed by atoms with E-state index in [1.807, 2.05) is 6.92 Å². The summed E-state index contributed by atoms with van der Waals surface area (Å²) in [6.45, 7) is 15.3. The van der Waals surface area contributed by atoms with Gasteiger partial charge in [0.05, 0.1) is 50.2 Å². The highest BCUT2D eigenvalue weighted by atomic mass is 16.8. The molecule has 33 atom stereocenters. The first-order chi connectivity index (χ1) is 41.2. The first-order valence-corrected chi connectivity index (χ1v) is 31.5. The van der Waals surface area contributed by atoms with Gasteiger partial charge in [-0.2, -0.15) is 0 Å². The van der Waals surface area contributed by atoms with E-state index in [9.17, 15) is 76.3 Å². The zero-order valence-corrected chi connectivity index (χ0v) is 51.7. The summed E-state index contributed by atoms with van der Waals surface area (Å²) >= 11 is 0. The molecule has 0 amide bonds. The van der Waals surface area contributed by atoms with Crippen molar-refractivity contribution in [2.45, 2.75) is 280 Å². The van der Waals surface area contributed by atoms with E-state index >= 15 is 4.79 Å². The number of hydrogen-bond donors (Lipinski definition) is 14. The molecule has 33 unspecified atom stereocenters. The van der Waals surface area contributed by atoms with Crippen molar-refractivity contribution in [1.29, 1.82) is 0 Å². The zero-order valence-electron chi connectivity index (χ0n) is 51.7. The number of aliphatic hydroxyl groups excluding tert-OH is 14. The summed E-state index contributed by atoms with van der Waals surface area (Å²) in [5.41, 5.74) is -1.99. The molecule has 0 aromatic carbocycles. The maximum absolute atomic E-state index is 15.3. The van der Waals surface area contributed by atoms with Crippen LogP contribution in [0.3, 0.4) is 0 Å². The van der Waals surface area contributed by atoms with E-state index in [0.29, 0.717) is 57.8 Å². The second kappa shape index (κ2) is 25.5. The molecule has 88 heavy (non-hydrogen) atoms. The average Bonchev–Trinajstić information content (AvgIpc) is 0.720. The Labute approximate surface area is 512 Å². The van der Waals surface area contributed by atoms with Crippen molar-refractivity contribution in [3.63, 3.8) is 0 Å². The van der Waals surface area contributed by atoms with Crippen LogP contribution in [0.4, 0.5) is 0 Å². The molecule has 5 aliphatic heterocycles. The summed E-state index contributed by atoms with van der Waals surface area (Å²) in [7, 11) is 0. The van der Waals surface area contributed by atoms with Crippen molar-refractivity contribution in [3.05, 3.63) is 11.6 Å². The standard InChI is InChI=1S/C61H98O27/c1-25-36(66)40(70)44(74)51(80-25)87-48-38(68)30(65)22-78-53(48)85-35-13-14-57(6)33(58(35,7)24-63)12-15-60(9)34(57)11-10-28-29-20-56(4,5)16-18-61(29,19-17-59(28,60)8)55(77)88-52-45(75)41(71)39(69)32(84-52)23-79-50-46(76)43(73)47(31(21-62)83-50)86-54-49(82-27(3)64)42(72)37(67)26(2)81-54/h10,25-26,29-54,62-63,65-76H,11-24H2,1-9H3. The molecule has 504 valence electrons. The molecule has 27 nitrogen and oxygen atoms in total. The van der Waals surface area contributed by atoms with Gasteiger partial charge in [0, 0.05) is 12.3 Å². The molecular weight excluding hydrogens is 1160 g/mol. The van der Waals surface area contributed by atoms with Crippen molar-refractivity contribution in [2.75, 3.05) is 26.4 Å². The number of hydrogen-bond acceptors (Lipinski definition) is 27. The van der Waals surface area contributed by atoms with Gasteiger partial charge in [-0.25, -0.2) is 0 Å². The molecule has 0 aromatic rings. The summed E-state index contributed by atoms with van der Waals surface area (Å²) < 4.78 is 65.1. The van der Waals surface area contributed by atoms with Crippen LogP contribution in [0, 0.1) is 50.2 Å². The smallest absolute Gasteiger partial charge is 0.315 e. The number of aliphatic hydroxyl groups is 14. The predicted molar refractivity (Wildman–Crippen MR) is 298 cm³/mol. The highest BCUT2D eigenvalue weighted by Gasteiger charge is 2.71. The number of carbonyl (C=O) groups is 2. The molecule has 4 saturated carbocycles. The largest absolute Gasteiger partial charge is 0.454 e. The summed E-state index contributed by atoms with van der Waals surface area (Å²) in [4.78, 5) is 27.2. The molecule has 0 spiro atoms. The van der Waals surface area contributed by atoms with Crippen LogP contribution in [0.25, 0.3) is 0 Å². The highest BCUT2D eigenvalue weighted by Crippen LogP contribution is 2.76. The van der Waals surface area contributed by atoms with E-state index in [0.717, 1.165) is 13.3 Å². The molecule has 5 aliphatic carbocycles. The van der Waals surface area contributed by atoms with Crippen LogP contribution < -0.4 is 0 Å². The van der Waals surface area contributed by atoms with Crippen molar-refractivity contribution in [1.82, 2.24) is 0 Å². The molecular formula is C61H98O27. The number of rotatable bonds is 14. The molecule has 9 fully saturated rings. The molecule has 10 aliphatic rings. The van der Waals surface area contributed by atoms with Crippen LogP contribution in [-0.2, 0) is 61.7 Å². The average molecular weight is 1260 g/mol. The number of esters is 2. The van der Waals surface area contributed by atoms with E-state index in [4.69, 9.17) is 52.1 Å². The fourth-order valence-corrected chi connectivity index (χ4v) is 17.8. The van der Waals surface area contributed by atoms with Crippen LogP contribution in [0.1, 0.15) is 127 Å². The first kappa shape index (κ1) is 68.6. The van der Waals surface area contributed by atoms with Gasteiger partial charge in [0.1, 0.15) is 97.7 Å². The molecule has 10 rings (SSSR count). The normalized spacial score (nSPS) is 53.7. The molecule has 0 bridgehead atoms. The van der Waals surface area contributed by atoms with Crippen molar-refractivity contribution in [2.24, 2.45) is 50.2 Å². The molecule has 14 N–H and O–H groups in total. The van der Waals surface area contributed by atoms with Crippen LogP contribution in [-0.4, -0.2) is 263 Å². The third-order valence-electron chi connectivity index (χ3n) is 23.5. The van der Waals surface area contributed by atoms with Crippen LogP contribution >= 0.6 is 0 Å². The van der Waals surface area contributed by atoms with E-state index < -0.39 is 195 Å². The maximum Gasteiger partial charge on any atom is 0.315 e. The van der Waals surface area contributed by atoms with Gasteiger partial charge in [0.2, 0.25) is 6.29 Å². The van der Waals surface area contributed by atoms with Gasteiger partial charge >= 0.3 is 11.9 Å². The van der Waals surface area contributed by atoms with Crippen molar-refractivity contribution in [3.8, 4) is 0 Å². The Morgan fingerprint density at radius 3 is 1.84 bits per heavy atom. The minimum Gasteiger partial charge on any atom is -0.454 e. The summed E-state index contributed by atoms with van der Waals surface area (Å²) in [6, 6.07) is 0. The molecule has 0 radical (unpaired) electrons. The maximum atomic E-state index is 15.3. The van der Waals surface area contributed by atoms with Gasteiger partial charge in [0.15, 0.2) is 31.3 Å². The third-order valence-corrected chi connectivity index (χ3v) is 23.5. The van der Waals surface area contributed by atoms with Crippen molar-refractivity contribution < 1.29 is 133 Å². The second-order valence-corrected chi connectivity index (χ2v) is 29.1. The van der Waals surface area contributed by atoms with E-state index in [2.05, 4.69) is 40.7 Å². The highest BCUT2D eigenvalue weighted by molar-refractivity contribution is 5.79. The Balaban J connectivity index is 0.829. The topological polar surface area (TPSA) is 419 Å². The number of carbonyl (C=O) groups excluding carboxylic acids is 2. The molecule has 27 heteroatoms. The lowest BCUT2D eigenvalue weighted by Crippen LogP contribution is -2.67. The lowest BCUT2D eigenvalue weighted by atomic mass is 9.33. The molecule has 5 saturated heterocycles. The Hall–Kier alpha value is -2.24. The summed E-state index contributed by atoms with van der Waals surface area (Å²) in [6.07, 6.45) is -29.8. The summed E-state index contributed by atoms with van der Waals surface area (Å²) in [5, 5.41) is 153. The number of ether oxygens (including phenoxy) is 11. The van der Waals surface area contributed by atoms with Gasteiger partial charge in [0.25, 0.3) is 0 Å². The van der Waals surface area contributed by atoms with Gasteiger partial charge in [-0.3, -0.25) is 9.59 Å². The lowest BCUT2D eigenvalue weighted by molar-refractivity contribution is -0.365.